The number of nitrogens with zero attached hydrogens (tertiary/aromatic N) is 1. The van der Waals surface area contributed by atoms with Crippen molar-refractivity contribution in [2.45, 2.75) is 17.9 Å². The van der Waals surface area contributed by atoms with Gasteiger partial charge in [0.15, 0.2) is 0 Å². The first-order valence-corrected chi connectivity index (χ1v) is 9.36. The van der Waals surface area contributed by atoms with Crippen molar-refractivity contribution in [3.05, 3.63) is 29.3 Å². The van der Waals surface area contributed by atoms with Crippen molar-refractivity contribution < 1.29 is 17.9 Å². The largest absolute Gasteiger partial charge is 0.378 e. The van der Waals surface area contributed by atoms with Crippen molar-refractivity contribution >= 4 is 27.5 Å². The van der Waals surface area contributed by atoms with E-state index in [-0.39, 0.29) is 4.90 Å². The number of carbonyl (C=O) groups is 1. The fraction of sp³-hybridized carbons (Fsp3) is 0.533. The minimum atomic E-state index is -3.78. The van der Waals surface area contributed by atoms with Crippen LogP contribution in [0.4, 0.5) is 0 Å². The van der Waals surface area contributed by atoms with Crippen molar-refractivity contribution in [1.82, 2.24) is 14.9 Å². The number of benzene rings is 1. The van der Waals surface area contributed by atoms with Crippen molar-refractivity contribution in [3.63, 3.8) is 0 Å². The molecule has 0 saturated heterocycles. The minimum Gasteiger partial charge on any atom is -0.378 e. The number of carbonyl (C=O) groups excluding carboxylic acids is 1. The van der Waals surface area contributed by atoms with Crippen LogP contribution in [0.5, 0.6) is 0 Å². The van der Waals surface area contributed by atoms with Gasteiger partial charge in [0.2, 0.25) is 15.9 Å². The number of likely N-dealkylation sites (N-methyl/N-ethyl adjacent to an activating group) is 1. The van der Waals surface area contributed by atoms with E-state index in [9.17, 15) is 13.2 Å². The molecule has 1 aromatic rings. The molecule has 1 amide bonds. The smallest absolute Gasteiger partial charge is 0.241 e. The molecule has 0 spiro atoms. The molecule has 0 radical (unpaired) electrons. The molecule has 1 aromatic carbocycles. The van der Waals surface area contributed by atoms with E-state index in [1.54, 1.807) is 0 Å². The van der Waals surface area contributed by atoms with E-state index in [1.165, 1.54) is 31.2 Å². The molecule has 9 heteroatoms. The van der Waals surface area contributed by atoms with Gasteiger partial charge in [-0.1, -0.05) is 11.6 Å². The van der Waals surface area contributed by atoms with E-state index in [1.807, 2.05) is 19.0 Å². The van der Waals surface area contributed by atoms with Gasteiger partial charge in [0.25, 0.3) is 0 Å². The van der Waals surface area contributed by atoms with E-state index in [2.05, 4.69) is 10.0 Å². The number of hydrogen-bond acceptors (Lipinski definition) is 5. The lowest BCUT2D eigenvalue weighted by Gasteiger charge is -2.15. The first-order chi connectivity index (χ1) is 11.2. The van der Waals surface area contributed by atoms with Gasteiger partial charge >= 0.3 is 0 Å². The molecule has 0 aliphatic heterocycles. The van der Waals surface area contributed by atoms with Gasteiger partial charge in [-0.05, 0) is 45.3 Å². The van der Waals surface area contributed by atoms with E-state index in [0.717, 1.165) is 6.54 Å². The summed E-state index contributed by atoms with van der Waals surface area (Å²) in [4.78, 5) is 14.0. The fourth-order valence-electron chi connectivity index (χ4n) is 1.72. The lowest BCUT2D eigenvalue weighted by molar-refractivity contribution is -0.122. The maximum Gasteiger partial charge on any atom is 0.241 e. The van der Waals surface area contributed by atoms with Crippen LogP contribution in [0.15, 0.2) is 29.2 Å². The Bertz CT molecular complexity index is 620. The second-order valence-corrected chi connectivity index (χ2v) is 7.65. The third-order valence-corrected chi connectivity index (χ3v) is 4.89. The number of halogens is 1. The molecule has 0 heterocycles. The summed E-state index contributed by atoms with van der Waals surface area (Å²) < 4.78 is 32.0. The quantitative estimate of drug-likeness (QED) is 0.586. The summed E-state index contributed by atoms with van der Waals surface area (Å²) in [5, 5.41) is 3.07. The highest BCUT2D eigenvalue weighted by atomic mass is 35.5. The maximum absolute atomic E-state index is 12.2. The molecular formula is C15H24ClN3O4S. The third kappa shape index (κ3) is 7.59. The fourth-order valence-corrected chi connectivity index (χ4v) is 3.05. The van der Waals surface area contributed by atoms with Gasteiger partial charge in [-0.15, -0.1) is 0 Å². The van der Waals surface area contributed by atoms with Gasteiger partial charge in [-0.3, -0.25) is 4.79 Å². The predicted octanol–water partition coefficient (Wildman–Crippen LogP) is 0.701. The predicted molar refractivity (Wildman–Crippen MR) is 93.6 cm³/mol. The van der Waals surface area contributed by atoms with Crippen LogP contribution in [0.2, 0.25) is 5.02 Å². The zero-order valence-corrected chi connectivity index (χ0v) is 15.7. The first kappa shape index (κ1) is 20.9. The molecular weight excluding hydrogens is 354 g/mol. The number of nitrogens with one attached hydrogen (secondary N) is 2. The highest BCUT2D eigenvalue weighted by Gasteiger charge is 2.21. The summed E-state index contributed by atoms with van der Waals surface area (Å²) in [5.74, 6) is -0.413. The topological polar surface area (TPSA) is 87.7 Å². The molecule has 0 saturated carbocycles. The number of rotatable bonds is 10. The molecule has 136 valence electrons. The average molecular weight is 378 g/mol. The van der Waals surface area contributed by atoms with E-state index < -0.39 is 22.0 Å². The van der Waals surface area contributed by atoms with Gasteiger partial charge in [0.1, 0.15) is 0 Å². The standard InChI is InChI=1S/C15H24ClN3O4S/c1-12(15(20)17-8-10-23-11-9-19(2)3)18-24(21,22)14-6-4-13(16)5-7-14/h4-7,12,18H,8-11H2,1-3H3,(H,17,20)/t12-/m0/s1. The zero-order chi connectivity index (χ0) is 18.2. The van der Waals surface area contributed by atoms with Crippen LogP contribution >= 0.6 is 11.6 Å². The summed E-state index contributed by atoms with van der Waals surface area (Å²) >= 11 is 5.73. The second-order valence-electron chi connectivity index (χ2n) is 5.50. The molecule has 0 fully saturated rings. The molecule has 1 rings (SSSR count). The highest BCUT2D eigenvalue weighted by molar-refractivity contribution is 7.89. The minimum absolute atomic E-state index is 0.0542. The second kappa shape index (κ2) is 9.95. The molecule has 0 bridgehead atoms. The Labute approximate surface area is 148 Å². The third-order valence-electron chi connectivity index (χ3n) is 3.08. The number of sulfonamides is 1. The number of hydrogen-bond donors (Lipinski definition) is 2. The van der Waals surface area contributed by atoms with Crippen LogP contribution in [0.3, 0.4) is 0 Å². The normalized spacial score (nSPS) is 13.0. The van der Waals surface area contributed by atoms with Gasteiger partial charge in [0.05, 0.1) is 24.2 Å². The molecule has 2 N–H and O–H groups in total. The van der Waals surface area contributed by atoms with Crippen molar-refractivity contribution in [2.75, 3.05) is 40.4 Å². The summed E-state index contributed by atoms with van der Waals surface area (Å²) in [5.41, 5.74) is 0. The van der Waals surface area contributed by atoms with E-state index in [4.69, 9.17) is 16.3 Å². The lowest BCUT2D eigenvalue weighted by Crippen LogP contribution is -2.45. The SMILES string of the molecule is C[C@H](NS(=O)(=O)c1ccc(Cl)cc1)C(=O)NCCOCCN(C)C. The molecule has 24 heavy (non-hydrogen) atoms. The Morgan fingerprint density at radius 1 is 1.25 bits per heavy atom. The van der Waals surface area contributed by atoms with Gasteiger partial charge in [-0.2, -0.15) is 4.72 Å². The van der Waals surface area contributed by atoms with Crippen molar-refractivity contribution in [2.24, 2.45) is 0 Å². The van der Waals surface area contributed by atoms with Crippen molar-refractivity contribution in [3.8, 4) is 0 Å². The Hall–Kier alpha value is -1.19. The Kier molecular flexibility index (Phi) is 8.65. The molecule has 0 aliphatic carbocycles. The van der Waals surface area contributed by atoms with E-state index >= 15 is 0 Å². The molecule has 1 atom stereocenters. The van der Waals surface area contributed by atoms with Crippen molar-refractivity contribution in [1.29, 1.82) is 0 Å². The number of ether oxygens (including phenoxy) is 1. The first-order valence-electron chi connectivity index (χ1n) is 7.50. The maximum atomic E-state index is 12.2. The number of amides is 1. The van der Waals surface area contributed by atoms with Crippen LogP contribution in [0.1, 0.15) is 6.92 Å². The van der Waals surface area contributed by atoms with Crippen LogP contribution < -0.4 is 10.0 Å². The van der Waals surface area contributed by atoms with Gasteiger partial charge < -0.3 is 15.0 Å². The Morgan fingerprint density at radius 2 is 1.88 bits per heavy atom. The Balaban J connectivity index is 2.39. The summed E-state index contributed by atoms with van der Waals surface area (Å²) in [6.45, 7) is 3.54. The zero-order valence-electron chi connectivity index (χ0n) is 14.1. The van der Waals surface area contributed by atoms with Crippen LogP contribution in [0, 0.1) is 0 Å². The summed E-state index contributed by atoms with van der Waals surface area (Å²) in [6.07, 6.45) is 0. The van der Waals surface area contributed by atoms with Crippen LogP contribution in [-0.2, 0) is 19.6 Å². The van der Waals surface area contributed by atoms with Crippen LogP contribution in [0.25, 0.3) is 0 Å². The molecule has 0 aliphatic rings. The van der Waals surface area contributed by atoms with Crippen LogP contribution in [-0.4, -0.2) is 65.7 Å². The molecule has 0 unspecified atom stereocenters. The summed E-state index contributed by atoms with van der Waals surface area (Å²) in [7, 11) is 0.112. The monoisotopic (exact) mass is 377 g/mol. The van der Waals surface area contributed by atoms with Gasteiger partial charge in [0, 0.05) is 18.1 Å². The highest BCUT2D eigenvalue weighted by Crippen LogP contribution is 2.14. The van der Waals surface area contributed by atoms with E-state index in [0.29, 0.717) is 24.8 Å². The molecule has 7 nitrogen and oxygen atoms in total. The lowest BCUT2D eigenvalue weighted by atomic mass is 10.3. The average Bonchev–Trinajstić information content (AvgIpc) is 2.50. The van der Waals surface area contributed by atoms with Gasteiger partial charge in [-0.25, -0.2) is 8.42 Å². The Morgan fingerprint density at radius 3 is 2.46 bits per heavy atom. The molecule has 0 aromatic heterocycles. The summed E-state index contributed by atoms with van der Waals surface area (Å²) in [6, 6.07) is 4.83.